The first kappa shape index (κ1) is 15.1. The largest absolute Gasteiger partial charge is 0.394 e. The van der Waals surface area contributed by atoms with E-state index < -0.39 is 0 Å². The van der Waals surface area contributed by atoms with E-state index in [4.69, 9.17) is 10.8 Å². The van der Waals surface area contributed by atoms with Crippen molar-refractivity contribution in [3.05, 3.63) is 18.0 Å². The van der Waals surface area contributed by atoms with Gasteiger partial charge in [-0.1, -0.05) is 13.8 Å². The molecule has 0 aliphatic heterocycles. The average molecular weight is 254 g/mol. The minimum atomic E-state index is 0.125. The Bertz CT molecular complexity index is 337. The maximum Gasteiger partial charge on any atom is 0.0640 e. The first-order chi connectivity index (χ1) is 8.52. The van der Waals surface area contributed by atoms with Crippen molar-refractivity contribution in [2.75, 3.05) is 20.2 Å². The van der Waals surface area contributed by atoms with Crippen molar-refractivity contribution in [3.63, 3.8) is 0 Å². The zero-order valence-corrected chi connectivity index (χ0v) is 11.7. The van der Waals surface area contributed by atoms with Crippen LogP contribution < -0.4 is 5.73 Å². The lowest BCUT2D eigenvalue weighted by molar-refractivity contribution is 0.269. The Morgan fingerprint density at radius 3 is 2.83 bits per heavy atom. The van der Waals surface area contributed by atoms with Crippen LogP contribution in [0.3, 0.4) is 0 Å². The molecule has 0 spiro atoms. The zero-order valence-electron chi connectivity index (χ0n) is 11.7. The van der Waals surface area contributed by atoms with Crippen LogP contribution in [0.25, 0.3) is 0 Å². The third-order valence-electron chi connectivity index (χ3n) is 3.17. The Kier molecular flexibility index (Phi) is 6.32. The van der Waals surface area contributed by atoms with Gasteiger partial charge in [-0.2, -0.15) is 5.10 Å². The Labute approximate surface area is 110 Å². The smallest absolute Gasteiger partial charge is 0.0640 e. The van der Waals surface area contributed by atoms with Gasteiger partial charge in [0.05, 0.1) is 19.3 Å². The minimum absolute atomic E-state index is 0.125. The highest BCUT2D eigenvalue weighted by Gasteiger charge is 2.09. The number of aliphatic hydroxyl groups excluding tert-OH is 1. The molecule has 0 saturated heterocycles. The quantitative estimate of drug-likeness (QED) is 0.716. The number of rotatable bonds is 8. The van der Waals surface area contributed by atoms with Gasteiger partial charge in [0, 0.05) is 24.3 Å². The fraction of sp³-hybridized carbons (Fsp3) is 0.769. The number of nitrogens with zero attached hydrogens (tertiary/aromatic N) is 3. The second kappa shape index (κ2) is 7.51. The summed E-state index contributed by atoms with van der Waals surface area (Å²) in [6.07, 6.45) is 4.85. The molecule has 0 saturated carbocycles. The summed E-state index contributed by atoms with van der Waals surface area (Å²) in [6, 6.07) is 0.268. The van der Waals surface area contributed by atoms with E-state index in [1.807, 2.05) is 12.4 Å². The van der Waals surface area contributed by atoms with Gasteiger partial charge in [0.25, 0.3) is 0 Å². The van der Waals surface area contributed by atoms with Gasteiger partial charge >= 0.3 is 0 Å². The second-order valence-electron chi connectivity index (χ2n) is 5.27. The predicted octanol–water partition coefficient (Wildman–Crippen LogP) is 0.681. The molecule has 1 atom stereocenters. The summed E-state index contributed by atoms with van der Waals surface area (Å²) in [5.41, 5.74) is 7.20. The molecule has 1 heterocycles. The lowest BCUT2D eigenvalue weighted by atomic mass is 10.0. The van der Waals surface area contributed by atoms with E-state index in [0.29, 0.717) is 12.5 Å². The summed E-state index contributed by atoms with van der Waals surface area (Å²) >= 11 is 0. The SMILES string of the molecule is CC(C)C(N)CCN(C)Cc1cnn(CCO)c1. The van der Waals surface area contributed by atoms with Crippen molar-refractivity contribution < 1.29 is 5.11 Å². The summed E-state index contributed by atoms with van der Waals surface area (Å²) in [7, 11) is 2.09. The fourth-order valence-electron chi connectivity index (χ4n) is 1.81. The summed E-state index contributed by atoms with van der Waals surface area (Å²) in [5.74, 6) is 0.533. The Hall–Kier alpha value is -0.910. The molecular formula is C13H26N4O. The monoisotopic (exact) mass is 254 g/mol. The molecule has 5 heteroatoms. The molecule has 0 aromatic carbocycles. The molecule has 0 amide bonds. The Morgan fingerprint density at radius 2 is 2.22 bits per heavy atom. The zero-order chi connectivity index (χ0) is 13.5. The molecule has 5 nitrogen and oxygen atoms in total. The minimum Gasteiger partial charge on any atom is -0.394 e. The lowest BCUT2D eigenvalue weighted by Gasteiger charge is -2.20. The Morgan fingerprint density at radius 1 is 1.50 bits per heavy atom. The molecule has 104 valence electrons. The average Bonchev–Trinajstić information content (AvgIpc) is 2.73. The van der Waals surface area contributed by atoms with E-state index in [9.17, 15) is 0 Å². The maximum absolute atomic E-state index is 8.82. The highest BCUT2D eigenvalue weighted by molar-refractivity contribution is 5.03. The van der Waals surface area contributed by atoms with Crippen LogP contribution in [0.2, 0.25) is 0 Å². The number of hydrogen-bond donors (Lipinski definition) is 2. The van der Waals surface area contributed by atoms with Gasteiger partial charge in [-0.15, -0.1) is 0 Å². The molecule has 1 rings (SSSR count). The van der Waals surface area contributed by atoms with Crippen molar-refractivity contribution in [1.29, 1.82) is 0 Å². The molecule has 3 N–H and O–H groups in total. The lowest BCUT2D eigenvalue weighted by Crippen LogP contribution is -2.31. The Balaban J connectivity index is 2.32. The van der Waals surface area contributed by atoms with Crippen LogP contribution in [0.4, 0.5) is 0 Å². The normalized spacial score (nSPS) is 13.5. The van der Waals surface area contributed by atoms with Crippen molar-refractivity contribution in [1.82, 2.24) is 14.7 Å². The van der Waals surface area contributed by atoms with E-state index in [2.05, 4.69) is 30.9 Å². The highest BCUT2D eigenvalue weighted by Crippen LogP contribution is 2.06. The standard InChI is InChI=1S/C13H26N4O/c1-11(2)13(14)4-5-16(3)9-12-8-15-17(10-12)6-7-18/h8,10-11,13,18H,4-7,9,14H2,1-3H3. The van der Waals surface area contributed by atoms with Crippen molar-refractivity contribution >= 4 is 0 Å². The number of aliphatic hydroxyl groups is 1. The van der Waals surface area contributed by atoms with Crippen molar-refractivity contribution in [2.24, 2.45) is 11.7 Å². The van der Waals surface area contributed by atoms with Crippen LogP contribution in [-0.2, 0) is 13.1 Å². The van der Waals surface area contributed by atoms with Crippen LogP contribution in [0.1, 0.15) is 25.8 Å². The van der Waals surface area contributed by atoms with Gasteiger partial charge in [-0.25, -0.2) is 0 Å². The molecule has 1 aromatic rings. The number of hydrogen-bond acceptors (Lipinski definition) is 4. The summed E-state index contributed by atoms with van der Waals surface area (Å²) in [6.45, 7) is 6.86. The third kappa shape index (κ3) is 5.16. The molecule has 18 heavy (non-hydrogen) atoms. The van der Waals surface area contributed by atoms with Gasteiger partial charge in [0.1, 0.15) is 0 Å². The van der Waals surface area contributed by atoms with Gasteiger partial charge in [0.15, 0.2) is 0 Å². The topological polar surface area (TPSA) is 67.3 Å². The van der Waals surface area contributed by atoms with Gasteiger partial charge in [0.2, 0.25) is 0 Å². The van der Waals surface area contributed by atoms with Crippen molar-refractivity contribution in [2.45, 2.75) is 39.4 Å². The van der Waals surface area contributed by atoms with E-state index >= 15 is 0 Å². The third-order valence-corrected chi connectivity index (χ3v) is 3.17. The fourth-order valence-corrected chi connectivity index (χ4v) is 1.81. The van der Waals surface area contributed by atoms with Crippen LogP contribution >= 0.6 is 0 Å². The molecule has 0 aliphatic carbocycles. The van der Waals surface area contributed by atoms with E-state index in [0.717, 1.165) is 19.5 Å². The molecule has 1 unspecified atom stereocenters. The van der Waals surface area contributed by atoms with E-state index in [-0.39, 0.29) is 12.6 Å². The van der Waals surface area contributed by atoms with E-state index in [1.165, 1.54) is 5.56 Å². The van der Waals surface area contributed by atoms with Gasteiger partial charge in [-0.3, -0.25) is 4.68 Å². The van der Waals surface area contributed by atoms with Crippen LogP contribution in [0.15, 0.2) is 12.4 Å². The molecule has 1 aromatic heterocycles. The highest BCUT2D eigenvalue weighted by atomic mass is 16.3. The summed E-state index contributed by atoms with van der Waals surface area (Å²) in [5, 5.41) is 13.0. The maximum atomic E-state index is 8.82. The van der Waals surface area contributed by atoms with Crippen LogP contribution in [0.5, 0.6) is 0 Å². The summed E-state index contributed by atoms with van der Waals surface area (Å²) in [4.78, 5) is 2.25. The van der Waals surface area contributed by atoms with Crippen molar-refractivity contribution in [3.8, 4) is 0 Å². The summed E-state index contributed by atoms with van der Waals surface area (Å²) < 4.78 is 1.77. The predicted molar refractivity (Wildman–Crippen MR) is 73.1 cm³/mol. The molecule has 0 bridgehead atoms. The second-order valence-corrected chi connectivity index (χ2v) is 5.27. The molecule has 0 radical (unpaired) electrons. The van der Waals surface area contributed by atoms with Gasteiger partial charge in [-0.05, 0) is 25.9 Å². The molecular weight excluding hydrogens is 228 g/mol. The van der Waals surface area contributed by atoms with Crippen LogP contribution in [0, 0.1) is 5.92 Å². The first-order valence-corrected chi connectivity index (χ1v) is 6.59. The van der Waals surface area contributed by atoms with E-state index in [1.54, 1.807) is 4.68 Å². The van der Waals surface area contributed by atoms with Gasteiger partial charge < -0.3 is 15.7 Å². The first-order valence-electron chi connectivity index (χ1n) is 6.59. The molecule has 0 fully saturated rings. The number of aromatic nitrogens is 2. The van der Waals surface area contributed by atoms with Crippen LogP contribution in [-0.4, -0.2) is 46.0 Å². The number of nitrogens with two attached hydrogens (primary N) is 1. The molecule has 0 aliphatic rings.